The first-order valence-corrected chi connectivity index (χ1v) is 3.88. The van der Waals surface area contributed by atoms with E-state index in [1.165, 1.54) is 0 Å². The fourth-order valence-electron chi connectivity index (χ4n) is 1.25. The van der Waals surface area contributed by atoms with E-state index in [0.717, 1.165) is 13.0 Å². The highest BCUT2D eigenvalue weighted by molar-refractivity contribution is 5.77. The molecule has 1 unspecified atom stereocenters. The Morgan fingerprint density at radius 1 is 1.82 bits per heavy atom. The Balaban J connectivity index is 2.43. The van der Waals surface area contributed by atoms with E-state index in [4.69, 9.17) is 5.73 Å². The van der Waals surface area contributed by atoms with E-state index < -0.39 is 0 Å². The van der Waals surface area contributed by atoms with Gasteiger partial charge >= 0.3 is 0 Å². The molecule has 62 valence electrons. The highest BCUT2D eigenvalue weighted by Crippen LogP contribution is 2.08. The van der Waals surface area contributed by atoms with Crippen molar-refractivity contribution in [2.75, 3.05) is 13.1 Å². The van der Waals surface area contributed by atoms with Gasteiger partial charge in [-0.25, -0.2) is 0 Å². The van der Waals surface area contributed by atoms with Crippen LogP contribution < -0.4 is 5.73 Å². The zero-order valence-electron chi connectivity index (χ0n) is 6.62. The number of likely N-dealkylation sites (tertiary alicyclic amines) is 1. The number of carbonyl (C=O) groups excluding carboxylic acids is 1. The Kier molecular flexibility index (Phi) is 2.65. The van der Waals surface area contributed by atoms with Crippen molar-refractivity contribution < 1.29 is 4.79 Å². The molecule has 1 rings (SSSR count). The van der Waals surface area contributed by atoms with Crippen LogP contribution >= 0.6 is 0 Å². The number of nitrogens with two attached hydrogens (primary N) is 1. The molecule has 0 spiro atoms. The summed E-state index contributed by atoms with van der Waals surface area (Å²) in [6, 6.07) is 0.0727. The van der Waals surface area contributed by atoms with Crippen LogP contribution in [0.15, 0.2) is 12.7 Å². The molecule has 1 fully saturated rings. The molecule has 0 aliphatic carbocycles. The van der Waals surface area contributed by atoms with Crippen LogP contribution in [-0.4, -0.2) is 29.9 Å². The Morgan fingerprint density at radius 3 is 3.09 bits per heavy atom. The topological polar surface area (TPSA) is 46.3 Å². The van der Waals surface area contributed by atoms with Gasteiger partial charge in [-0.2, -0.15) is 0 Å². The van der Waals surface area contributed by atoms with Gasteiger partial charge in [-0.15, -0.1) is 6.58 Å². The summed E-state index contributed by atoms with van der Waals surface area (Å²) in [4.78, 5) is 13.0. The first kappa shape index (κ1) is 8.27. The molecule has 1 atom stereocenters. The van der Waals surface area contributed by atoms with Crippen LogP contribution in [0.1, 0.15) is 12.8 Å². The van der Waals surface area contributed by atoms with E-state index in [0.29, 0.717) is 13.0 Å². The summed E-state index contributed by atoms with van der Waals surface area (Å²) in [7, 11) is 0. The zero-order valence-corrected chi connectivity index (χ0v) is 6.62. The molecule has 1 aliphatic heterocycles. The third-order valence-corrected chi connectivity index (χ3v) is 1.91. The molecule has 2 N–H and O–H groups in total. The van der Waals surface area contributed by atoms with E-state index in [1.54, 1.807) is 11.0 Å². The van der Waals surface area contributed by atoms with Crippen molar-refractivity contribution in [3.05, 3.63) is 12.7 Å². The van der Waals surface area contributed by atoms with E-state index in [-0.39, 0.29) is 11.9 Å². The third-order valence-electron chi connectivity index (χ3n) is 1.91. The third kappa shape index (κ3) is 2.05. The largest absolute Gasteiger partial charge is 0.339 e. The SMILES string of the molecule is C=CCN1CCC(N)CC1=O. The van der Waals surface area contributed by atoms with Gasteiger partial charge in [0.15, 0.2) is 0 Å². The summed E-state index contributed by atoms with van der Waals surface area (Å²) >= 11 is 0. The van der Waals surface area contributed by atoms with E-state index in [9.17, 15) is 4.79 Å². The fraction of sp³-hybridized carbons (Fsp3) is 0.625. The Hall–Kier alpha value is -0.830. The van der Waals surface area contributed by atoms with Crippen LogP contribution in [0.25, 0.3) is 0 Å². The smallest absolute Gasteiger partial charge is 0.224 e. The minimum Gasteiger partial charge on any atom is -0.339 e. The number of carbonyl (C=O) groups is 1. The van der Waals surface area contributed by atoms with Crippen LogP contribution in [0.4, 0.5) is 0 Å². The van der Waals surface area contributed by atoms with Crippen molar-refractivity contribution in [3.63, 3.8) is 0 Å². The molecule has 0 radical (unpaired) electrons. The molecule has 3 nitrogen and oxygen atoms in total. The maximum Gasteiger partial charge on any atom is 0.224 e. The van der Waals surface area contributed by atoms with Gasteiger partial charge in [0.2, 0.25) is 5.91 Å². The monoisotopic (exact) mass is 154 g/mol. The molecule has 1 amide bonds. The number of rotatable bonds is 2. The molecule has 0 saturated carbocycles. The minimum absolute atomic E-state index is 0.0727. The second-order valence-electron chi connectivity index (χ2n) is 2.88. The Bertz CT molecular complexity index is 167. The Labute approximate surface area is 66.9 Å². The lowest BCUT2D eigenvalue weighted by molar-refractivity contribution is -0.133. The number of hydrogen-bond acceptors (Lipinski definition) is 2. The number of nitrogens with zero attached hydrogens (tertiary/aromatic N) is 1. The van der Waals surface area contributed by atoms with E-state index in [2.05, 4.69) is 6.58 Å². The normalized spacial score (nSPS) is 25.4. The highest BCUT2D eigenvalue weighted by atomic mass is 16.2. The lowest BCUT2D eigenvalue weighted by atomic mass is 10.1. The van der Waals surface area contributed by atoms with Gasteiger partial charge in [-0.3, -0.25) is 4.79 Å². The average Bonchev–Trinajstić information content (AvgIpc) is 1.95. The first-order chi connectivity index (χ1) is 5.24. The van der Waals surface area contributed by atoms with Crippen molar-refractivity contribution in [1.29, 1.82) is 0 Å². The first-order valence-electron chi connectivity index (χ1n) is 3.88. The maximum atomic E-state index is 11.2. The molecule has 0 aromatic rings. The average molecular weight is 154 g/mol. The minimum atomic E-state index is 0.0727. The maximum absolute atomic E-state index is 11.2. The van der Waals surface area contributed by atoms with Crippen molar-refractivity contribution >= 4 is 5.91 Å². The van der Waals surface area contributed by atoms with Crippen LogP contribution in [-0.2, 0) is 4.79 Å². The molecular formula is C8H14N2O. The predicted octanol–water partition coefficient (Wildman–Crippen LogP) is 0.122. The molecule has 0 aromatic heterocycles. The van der Waals surface area contributed by atoms with Gasteiger partial charge in [-0.1, -0.05) is 6.08 Å². The standard InChI is InChI=1S/C8H14N2O/c1-2-4-10-5-3-7(9)6-8(10)11/h2,7H,1,3-6,9H2. The summed E-state index contributed by atoms with van der Waals surface area (Å²) < 4.78 is 0. The summed E-state index contributed by atoms with van der Waals surface area (Å²) in [5.74, 6) is 0.156. The second kappa shape index (κ2) is 3.53. The summed E-state index contributed by atoms with van der Waals surface area (Å²) in [5.41, 5.74) is 5.61. The molecular weight excluding hydrogens is 140 g/mol. The van der Waals surface area contributed by atoms with Crippen molar-refractivity contribution in [2.24, 2.45) is 5.73 Å². The number of piperidine rings is 1. The van der Waals surface area contributed by atoms with Gasteiger partial charge in [0.05, 0.1) is 0 Å². The van der Waals surface area contributed by atoms with Crippen LogP contribution in [0.2, 0.25) is 0 Å². The van der Waals surface area contributed by atoms with Crippen LogP contribution in [0.3, 0.4) is 0 Å². The summed E-state index contributed by atoms with van der Waals surface area (Å²) in [6.45, 7) is 5.03. The van der Waals surface area contributed by atoms with E-state index >= 15 is 0 Å². The summed E-state index contributed by atoms with van der Waals surface area (Å²) in [6.07, 6.45) is 3.15. The Morgan fingerprint density at radius 2 is 2.55 bits per heavy atom. The molecule has 1 aliphatic rings. The van der Waals surface area contributed by atoms with Crippen molar-refractivity contribution in [1.82, 2.24) is 4.90 Å². The van der Waals surface area contributed by atoms with Gasteiger partial charge in [-0.05, 0) is 6.42 Å². The van der Waals surface area contributed by atoms with Crippen LogP contribution in [0, 0.1) is 0 Å². The lowest BCUT2D eigenvalue weighted by Gasteiger charge is -2.28. The molecule has 1 heterocycles. The van der Waals surface area contributed by atoms with Crippen molar-refractivity contribution in [3.8, 4) is 0 Å². The van der Waals surface area contributed by atoms with Gasteiger partial charge in [0.1, 0.15) is 0 Å². The van der Waals surface area contributed by atoms with E-state index in [1.807, 2.05) is 0 Å². The fourth-order valence-corrected chi connectivity index (χ4v) is 1.25. The molecule has 11 heavy (non-hydrogen) atoms. The quantitative estimate of drug-likeness (QED) is 0.574. The number of amides is 1. The molecule has 0 bridgehead atoms. The molecule has 3 heteroatoms. The predicted molar refractivity (Wildman–Crippen MR) is 44.0 cm³/mol. The van der Waals surface area contributed by atoms with Gasteiger partial charge in [0, 0.05) is 25.6 Å². The molecule has 1 saturated heterocycles. The molecule has 0 aromatic carbocycles. The number of hydrogen-bond donors (Lipinski definition) is 1. The van der Waals surface area contributed by atoms with Gasteiger partial charge < -0.3 is 10.6 Å². The summed E-state index contributed by atoms with van der Waals surface area (Å²) in [5, 5.41) is 0. The lowest BCUT2D eigenvalue weighted by Crippen LogP contribution is -2.43. The zero-order chi connectivity index (χ0) is 8.27. The second-order valence-corrected chi connectivity index (χ2v) is 2.88. The highest BCUT2D eigenvalue weighted by Gasteiger charge is 2.21. The van der Waals surface area contributed by atoms with Crippen molar-refractivity contribution in [2.45, 2.75) is 18.9 Å². The van der Waals surface area contributed by atoms with Crippen LogP contribution in [0.5, 0.6) is 0 Å². The van der Waals surface area contributed by atoms with Gasteiger partial charge in [0.25, 0.3) is 0 Å².